The second-order valence-electron chi connectivity index (χ2n) is 3.45. The highest BCUT2D eigenvalue weighted by molar-refractivity contribution is 4.66. The van der Waals surface area contributed by atoms with Crippen molar-refractivity contribution in [2.75, 3.05) is 0 Å². The fraction of sp³-hybridized carbons (Fsp3) is 0.700. The summed E-state index contributed by atoms with van der Waals surface area (Å²) in [6.07, 6.45) is 6.48. The molecule has 0 aromatic carbocycles. The van der Waals surface area contributed by atoms with E-state index in [-0.39, 0.29) is 6.54 Å². The standard InChI is InChI=1S/C10H17F2N2/c1-2-3-4-5-13-6-7-14(9-13)8-10(11)12/h6-7,9-10H,2-5,8H2,1H3/q+1. The second-order valence-corrected chi connectivity index (χ2v) is 3.45. The fourth-order valence-corrected chi connectivity index (χ4v) is 1.38. The molecule has 0 fully saturated rings. The average molecular weight is 203 g/mol. The van der Waals surface area contributed by atoms with Gasteiger partial charge in [0.15, 0.2) is 6.54 Å². The summed E-state index contributed by atoms with van der Waals surface area (Å²) in [7, 11) is 0. The van der Waals surface area contributed by atoms with Gasteiger partial charge in [-0.1, -0.05) is 13.3 Å². The van der Waals surface area contributed by atoms with E-state index in [1.54, 1.807) is 12.5 Å². The molecule has 80 valence electrons. The molecular formula is C10H17F2N2+. The molecular weight excluding hydrogens is 186 g/mol. The van der Waals surface area contributed by atoms with Gasteiger partial charge in [0, 0.05) is 0 Å². The molecule has 4 heteroatoms. The molecule has 2 nitrogen and oxygen atoms in total. The lowest BCUT2D eigenvalue weighted by Crippen LogP contribution is -2.34. The number of hydrogen-bond acceptors (Lipinski definition) is 0. The van der Waals surface area contributed by atoms with Crippen LogP contribution in [0.25, 0.3) is 0 Å². The maximum absolute atomic E-state index is 12.0. The number of alkyl halides is 2. The van der Waals surface area contributed by atoms with Crippen molar-refractivity contribution in [3.05, 3.63) is 18.7 Å². The van der Waals surface area contributed by atoms with E-state index in [1.807, 2.05) is 10.8 Å². The first-order valence-corrected chi connectivity index (χ1v) is 5.05. The molecule has 0 aliphatic heterocycles. The van der Waals surface area contributed by atoms with Crippen molar-refractivity contribution in [1.82, 2.24) is 4.57 Å². The number of hydrogen-bond donors (Lipinski definition) is 0. The molecule has 1 heterocycles. The van der Waals surface area contributed by atoms with Gasteiger partial charge < -0.3 is 0 Å². The van der Waals surface area contributed by atoms with E-state index >= 15 is 0 Å². The first-order valence-electron chi connectivity index (χ1n) is 5.05. The van der Waals surface area contributed by atoms with Crippen LogP contribution < -0.4 is 4.57 Å². The molecule has 1 aromatic heterocycles. The van der Waals surface area contributed by atoms with Gasteiger partial charge in [-0.25, -0.2) is 17.9 Å². The predicted octanol–water partition coefficient (Wildman–Crippen LogP) is 2.23. The van der Waals surface area contributed by atoms with Crippen molar-refractivity contribution in [1.29, 1.82) is 0 Å². The van der Waals surface area contributed by atoms with Crippen molar-refractivity contribution in [2.45, 2.75) is 45.7 Å². The summed E-state index contributed by atoms with van der Waals surface area (Å²) in [5.41, 5.74) is 0. The van der Waals surface area contributed by atoms with Gasteiger partial charge in [-0.3, -0.25) is 0 Å². The molecule has 0 saturated heterocycles. The molecule has 0 radical (unpaired) electrons. The number of imidazole rings is 1. The summed E-state index contributed by atoms with van der Waals surface area (Å²) in [6.45, 7) is 2.86. The molecule has 0 aliphatic rings. The molecule has 0 saturated carbocycles. The van der Waals surface area contributed by atoms with Gasteiger partial charge in [-0.15, -0.1) is 0 Å². The van der Waals surface area contributed by atoms with E-state index < -0.39 is 6.43 Å². The number of halogens is 2. The molecule has 0 bridgehead atoms. The molecule has 0 N–H and O–H groups in total. The van der Waals surface area contributed by atoms with E-state index in [0.717, 1.165) is 13.0 Å². The molecule has 0 amide bonds. The Morgan fingerprint density at radius 3 is 2.79 bits per heavy atom. The predicted molar refractivity (Wildman–Crippen MR) is 50.2 cm³/mol. The third-order valence-corrected chi connectivity index (χ3v) is 2.11. The van der Waals surface area contributed by atoms with Gasteiger partial charge in [-0.05, 0) is 12.8 Å². The Hall–Kier alpha value is -0.930. The zero-order chi connectivity index (χ0) is 10.4. The van der Waals surface area contributed by atoms with Crippen LogP contribution in [0.4, 0.5) is 8.78 Å². The van der Waals surface area contributed by atoms with Crippen LogP contribution >= 0.6 is 0 Å². The smallest absolute Gasteiger partial charge is 0.237 e. The average Bonchev–Trinajstić information content (AvgIpc) is 2.52. The normalized spacial score (nSPS) is 11.1. The van der Waals surface area contributed by atoms with E-state index in [0.29, 0.717) is 0 Å². The fourth-order valence-electron chi connectivity index (χ4n) is 1.38. The minimum atomic E-state index is -2.27. The zero-order valence-electron chi connectivity index (χ0n) is 8.50. The van der Waals surface area contributed by atoms with Crippen molar-refractivity contribution < 1.29 is 13.3 Å². The lowest BCUT2D eigenvalue weighted by Gasteiger charge is -1.95. The van der Waals surface area contributed by atoms with Crippen molar-refractivity contribution >= 4 is 0 Å². The lowest BCUT2D eigenvalue weighted by atomic mass is 10.2. The van der Waals surface area contributed by atoms with E-state index in [9.17, 15) is 8.78 Å². The van der Waals surface area contributed by atoms with Crippen molar-refractivity contribution in [3.63, 3.8) is 0 Å². The van der Waals surface area contributed by atoms with Gasteiger partial charge in [0.2, 0.25) is 6.33 Å². The van der Waals surface area contributed by atoms with Gasteiger partial charge in [0.1, 0.15) is 12.4 Å². The maximum Gasteiger partial charge on any atom is 0.275 e. The largest absolute Gasteiger partial charge is 0.275 e. The summed E-state index contributed by atoms with van der Waals surface area (Å²) in [6, 6.07) is 0. The summed E-state index contributed by atoms with van der Waals surface area (Å²) in [4.78, 5) is 0. The first kappa shape index (κ1) is 11.1. The minimum Gasteiger partial charge on any atom is -0.237 e. The molecule has 1 rings (SSSR count). The topological polar surface area (TPSA) is 8.81 Å². The van der Waals surface area contributed by atoms with Crippen LogP contribution in [0, 0.1) is 0 Å². The number of nitrogens with zero attached hydrogens (tertiary/aromatic N) is 2. The van der Waals surface area contributed by atoms with Crippen LogP contribution in [0.3, 0.4) is 0 Å². The Bertz CT molecular complexity index is 258. The minimum absolute atomic E-state index is 0.208. The quantitative estimate of drug-likeness (QED) is 0.495. The maximum atomic E-state index is 12.0. The van der Waals surface area contributed by atoms with Crippen LogP contribution in [0.15, 0.2) is 18.7 Å². The summed E-state index contributed by atoms with van der Waals surface area (Å²) >= 11 is 0. The molecule has 0 unspecified atom stereocenters. The summed E-state index contributed by atoms with van der Waals surface area (Å²) < 4.78 is 27.5. The van der Waals surface area contributed by atoms with Crippen molar-refractivity contribution in [2.24, 2.45) is 0 Å². The van der Waals surface area contributed by atoms with Gasteiger partial charge in [-0.2, -0.15) is 0 Å². The highest BCUT2D eigenvalue weighted by Crippen LogP contribution is 1.98. The third kappa shape index (κ3) is 3.85. The van der Waals surface area contributed by atoms with Crippen LogP contribution in [-0.2, 0) is 13.1 Å². The van der Waals surface area contributed by atoms with Gasteiger partial charge >= 0.3 is 0 Å². The Balaban J connectivity index is 2.35. The first-order chi connectivity index (χ1) is 6.72. The van der Waals surface area contributed by atoms with Gasteiger partial charge in [0.05, 0.1) is 6.54 Å². The molecule has 0 atom stereocenters. The number of unbranched alkanes of at least 4 members (excludes halogenated alkanes) is 2. The van der Waals surface area contributed by atoms with Crippen LogP contribution in [0.2, 0.25) is 0 Å². The highest BCUT2D eigenvalue weighted by atomic mass is 19.3. The Kier molecular flexibility index (Phi) is 4.56. The molecule has 1 aromatic rings. The molecule has 14 heavy (non-hydrogen) atoms. The van der Waals surface area contributed by atoms with E-state index in [2.05, 4.69) is 6.92 Å². The highest BCUT2D eigenvalue weighted by Gasteiger charge is 2.09. The number of rotatable bonds is 6. The van der Waals surface area contributed by atoms with E-state index in [1.165, 1.54) is 17.4 Å². The van der Waals surface area contributed by atoms with Crippen LogP contribution in [0.5, 0.6) is 0 Å². The number of aryl methyl sites for hydroxylation is 1. The molecule has 0 aliphatic carbocycles. The third-order valence-electron chi connectivity index (χ3n) is 2.11. The van der Waals surface area contributed by atoms with Crippen LogP contribution in [0.1, 0.15) is 26.2 Å². The lowest BCUT2D eigenvalue weighted by molar-refractivity contribution is -0.705. The monoisotopic (exact) mass is 203 g/mol. The Labute approximate surface area is 83.2 Å². The Morgan fingerprint density at radius 2 is 2.14 bits per heavy atom. The zero-order valence-corrected chi connectivity index (χ0v) is 8.50. The Morgan fingerprint density at radius 1 is 1.36 bits per heavy atom. The summed E-state index contributed by atoms with van der Waals surface area (Å²) in [5.74, 6) is 0. The summed E-state index contributed by atoms with van der Waals surface area (Å²) in [5, 5.41) is 0. The van der Waals surface area contributed by atoms with E-state index in [4.69, 9.17) is 0 Å². The van der Waals surface area contributed by atoms with Crippen LogP contribution in [-0.4, -0.2) is 11.0 Å². The number of aromatic nitrogens is 2. The molecule has 0 spiro atoms. The van der Waals surface area contributed by atoms with Crippen molar-refractivity contribution in [3.8, 4) is 0 Å². The second kappa shape index (κ2) is 5.73. The SMILES string of the molecule is CCCCCn1cc[n+](CC(F)F)c1. The van der Waals surface area contributed by atoms with Gasteiger partial charge in [0.25, 0.3) is 6.43 Å².